The number of nitrogens with zero attached hydrogens (tertiary/aromatic N) is 1. The van der Waals surface area contributed by atoms with Crippen LogP contribution < -0.4 is 10.1 Å². The first-order valence-electron chi connectivity index (χ1n) is 7.53. The van der Waals surface area contributed by atoms with Gasteiger partial charge in [-0.25, -0.2) is 0 Å². The van der Waals surface area contributed by atoms with Gasteiger partial charge in [-0.05, 0) is 42.6 Å². The molecular formula is C18H24N2O. The third kappa shape index (κ3) is 4.05. The van der Waals surface area contributed by atoms with E-state index in [4.69, 9.17) is 4.74 Å². The summed E-state index contributed by atoms with van der Waals surface area (Å²) in [5, 5.41) is 3.33. The fourth-order valence-corrected chi connectivity index (χ4v) is 2.23. The Morgan fingerprint density at radius 3 is 2.71 bits per heavy atom. The van der Waals surface area contributed by atoms with Gasteiger partial charge >= 0.3 is 0 Å². The number of aromatic nitrogens is 1. The Bertz CT molecular complexity index is 594. The van der Waals surface area contributed by atoms with Crippen molar-refractivity contribution in [3.8, 4) is 11.5 Å². The maximum atomic E-state index is 6.18. The van der Waals surface area contributed by atoms with Gasteiger partial charge in [-0.2, -0.15) is 0 Å². The normalized spacial score (nSPS) is 10.9. The minimum Gasteiger partial charge on any atom is -0.455 e. The van der Waals surface area contributed by atoms with Crippen LogP contribution in [0.25, 0.3) is 0 Å². The molecule has 0 saturated carbocycles. The molecule has 0 aliphatic heterocycles. The van der Waals surface area contributed by atoms with Gasteiger partial charge in [-0.1, -0.05) is 32.9 Å². The van der Waals surface area contributed by atoms with Gasteiger partial charge < -0.3 is 10.1 Å². The van der Waals surface area contributed by atoms with E-state index in [-0.39, 0.29) is 0 Å². The SMILES string of the molecule is CCNCc1ccncc1Oc1cc(C)ccc1C(C)C. The molecule has 0 bridgehead atoms. The molecule has 0 atom stereocenters. The van der Waals surface area contributed by atoms with Crippen molar-refractivity contribution < 1.29 is 4.74 Å². The van der Waals surface area contributed by atoms with Crippen molar-refractivity contribution in [3.05, 3.63) is 53.3 Å². The van der Waals surface area contributed by atoms with Crippen molar-refractivity contribution in [1.82, 2.24) is 10.3 Å². The Kier molecular flexibility index (Phi) is 5.34. The lowest BCUT2D eigenvalue weighted by molar-refractivity contribution is 0.461. The smallest absolute Gasteiger partial charge is 0.150 e. The molecule has 1 aromatic carbocycles. The summed E-state index contributed by atoms with van der Waals surface area (Å²) in [7, 11) is 0. The molecule has 3 heteroatoms. The molecule has 2 aromatic rings. The quantitative estimate of drug-likeness (QED) is 0.853. The second-order valence-electron chi connectivity index (χ2n) is 5.56. The number of pyridine rings is 1. The largest absolute Gasteiger partial charge is 0.455 e. The van der Waals surface area contributed by atoms with E-state index in [0.717, 1.165) is 30.2 Å². The van der Waals surface area contributed by atoms with E-state index in [9.17, 15) is 0 Å². The Morgan fingerprint density at radius 1 is 1.19 bits per heavy atom. The van der Waals surface area contributed by atoms with E-state index in [2.05, 4.69) is 56.2 Å². The van der Waals surface area contributed by atoms with Crippen LogP contribution in [0, 0.1) is 6.92 Å². The molecule has 112 valence electrons. The topological polar surface area (TPSA) is 34.2 Å². The van der Waals surface area contributed by atoms with Crippen LogP contribution in [-0.2, 0) is 6.54 Å². The van der Waals surface area contributed by atoms with E-state index in [1.54, 1.807) is 12.4 Å². The monoisotopic (exact) mass is 284 g/mol. The Balaban J connectivity index is 2.31. The predicted molar refractivity (Wildman–Crippen MR) is 87.0 cm³/mol. The molecule has 1 N–H and O–H groups in total. The highest BCUT2D eigenvalue weighted by atomic mass is 16.5. The van der Waals surface area contributed by atoms with Crippen molar-refractivity contribution >= 4 is 0 Å². The number of hydrogen-bond acceptors (Lipinski definition) is 3. The first-order valence-corrected chi connectivity index (χ1v) is 7.53. The molecule has 0 aliphatic carbocycles. The molecule has 0 fully saturated rings. The van der Waals surface area contributed by atoms with Crippen LogP contribution in [0.5, 0.6) is 11.5 Å². The van der Waals surface area contributed by atoms with Crippen molar-refractivity contribution in [1.29, 1.82) is 0 Å². The van der Waals surface area contributed by atoms with Crippen molar-refractivity contribution in [2.75, 3.05) is 6.54 Å². The summed E-state index contributed by atoms with van der Waals surface area (Å²) in [6.45, 7) is 10.3. The highest BCUT2D eigenvalue weighted by Crippen LogP contribution is 2.32. The molecule has 2 rings (SSSR count). The fraction of sp³-hybridized carbons (Fsp3) is 0.389. The van der Waals surface area contributed by atoms with Gasteiger partial charge in [0.25, 0.3) is 0 Å². The lowest BCUT2D eigenvalue weighted by atomic mass is 10.0. The molecule has 1 heterocycles. The third-order valence-corrected chi connectivity index (χ3v) is 3.45. The molecule has 3 nitrogen and oxygen atoms in total. The minimum atomic E-state index is 0.425. The summed E-state index contributed by atoms with van der Waals surface area (Å²) in [4.78, 5) is 4.19. The molecule has 0 saturated heterocycles. The van der Waals surface area contributed by atoms with Crippen LogP contribution in [0.15, 0.2) is 36.7 Å². The summed E-state index contributed by atoms with van der Waals surface area (Å²) in [5.41, 5.74) is 3.55. The number of nitrogens with one attached hydrogen (secondary N) is 1. The zero-order chi connectivity index (χ0) is 15.2. The summed E-state index contributed by atoms with van der Waals surface area (Å²) in [6.07, 6.45) is 3.60. The summed E-state index contributed by atoms with van der Waals surface area (Å²) in [6, 6.07) is 8.38. The fourth-order valence-electron chi connectivity index (χ4n) is 2.23. The van der Waals surface area contributed by atoms with E-state index in [1.165, 1.54) is 11.1 Å². The lowest BCUT2D eigenvalue weighted by Gasteiger charge is -2.16. The van der Waals surface area contributed by atoms with Crippen LogP contribution in [0.4, 0.5) is 0 Å². The maximum absolute atomic E-state index is 6.18. The van der Waals surface area contributed by atoms with Crippen molar-refractivity contribution in [2.24, 2.45) is 0 Å². The average Bonchev–Trinajstić information content (AvgIpc) is 2.46. The Labute approximate surface area is 127 Å². The summed E-state index contributed by atoms with van der Waals surface area (Å²) in [5.74, 6) is 2.18. The van der Waals surface area contributed by atoms with Crippen LogP contribution in [0.2, 0.25) is 0 Å². The maximum Gasteiger partial charge on any atom is 0.150 e. The number of aryl methyl sites for hydroxylation is 1. The van der Waals surface area contributed by atoms with Crippen LogP contribution in [0.1, 0.15) is 43.4 Å². The van der Waals surface area contributed by atoms with Gasteiger partial charge in [0.1, 0.15) is 11.5 Å². The van der Waals surface area contributed by atoms with E-state index < -0.39 is 0 Å². The highest BCUT2D eigenvalue weighted by Gasteiger charge is 2.11. The van der Waals surface area contributed by atoms with Gasteiger partial charge in [0, 0.05) is 18.3 Å². The van der Waals surface area contributed by atoms with Crippen LogP contribution in [0.3, 0.4) is 0 Å². The van der Waals surface area contributed by atoms with Crippen LogP contribution >= 0.6 is 0 Å². The predicted octanol–water partition coefficient (Wildman–Crippen LogP) is 4.42. The van der Waals surface area contributed by atoms with Gasteiger partial charge in [-0.3, -0.25) is 4.98 Å². The summed E-state index contributed by atoms with van der Waals surface area (Å²) < 4.78 is 6.18. The van der Waals surface area contributed by atoms with Crippen molar-refractivity contribution in [2.45, 2.75) is 40.2 Å². The number of benzene rings is 1. The van der Waals surface area contributed by atoms with Crippen molar-refractivity contribution in [3.63, 3.8) is 0 Å². The molecule has 0 aliphatic rings. The molecule has 1 aromatic heterocycles. The van der Waals surface area contributed by atoms with Gasteiger partial charge in [0.05, 0.1) is 6.20 Å². The molecule has 0 spiro atoms. The average molecular weight is 284 g/mol. The second-order valence-corrected chi connectivity index (χ2v) is 5.56. The van der Waals surface area contributed by atoms with Gasteiger partial charge in [-0.15, -0.1) is 0 Å². The molecule has 21 heavy (non-hydrogen) atoms. The number of ether oxygens (including phenoxy) is 1. The zero-order valence-corrected chi connectivity index (χ0v) is 13.3. The molecule has 0 radical (unpaired) electrons. The van der Waals surface area contributed by atoms with Gasteiger partial charge in [0.2, 0.25) is 0 Å². The first-order chi connectivity index (χ1) is 10.1. The highest BCUT2D eigenvalue weighted by molar-refractivity contribution is 5.43. The van der Waals surface area contributed by atoms with E-state index in [1.807, 2.05) is 6.07 Å². The standard InChI is InChI=1S/C18H24N2O/c1-5-19-11-15-8-9-20-12-18(15)21-17-10-14(4)6-7-16(17)13(2)3/h6-10,12-13,19H,5,11H2,1-4H3. The number of hydrogen-bond donors (Lipinski definition) is 1. The third-order valence-electron chi connectivity index (χ3n) is 3.45. The minimum absolute atomic E-state index is 0.425. The first kappa shape index (κ1) is 15.5. The zero-order valence-electron chi connectivity index (χ0n) is 13.3. The lowest BCUT2D eigenvalue weighted by Crippen LogP contribution is -2.12. The Hall–Kier alpha value is -1.87. The molecular weight excluding hydrogens is 260 g/mol. The summed E-state index contributed by atoms with van der Waals surface area (Å²) >= 11 is 0. The van der Waals surface area contributed by atoms with Crippen LogP contribution in [-0.4, -0.2) is 11.5 Å². The second kappa shape index (κ2) is 7.23. The molecule has 0 amide bonds. The number of rotatable bonds is 6. The van der Waals surface area contributed by atoms with Gasteiger partial charge in [0.15, 0.2) is 0 Å². The molecule has 0 unspecified atom stereocenters. The Morgan fingerprint density at radius 2 is 2.00 bits per heavy atom. The van der Waals surface area contributed by atoms with E-state index in [0.29, 0.717) is 5.92 Å². The van der Waals surface area contributed by atoms with E-state index >= 15 is 0 Å².